The van der Waals surface area contributed by atoms with E-state index in [9.17, 15) is 9.59 Å². The largest absolute Gasteiger partial charge is 0.356 e. The molecule has 0 bridgehead atoms. The number of rotatable bonds is 6. The normalized spacial score (nSPS) is 10.8. The maximum atomic E-state index is 12.6. The van der Waals surface area contributed by atoms with Crippen LogP contribution in [-0.4, -0.2) is 23.3 Å². The van der Waals surface area contributed by atoms with Gasteiger partial charge in [-0.05, 0) is 29.5 Å². The van der Waals surface area contributed by atoms with Crippen molar-refractivity contribution in [3.63, 3.8) is 0 Å². The molecular formula is C22H19N3O2S2. The molecule has 0 spiro atoms. The van der Waals surface area contributed by atoms with Gasteiger partial charge in [0.1, 0.15) is 0 Å². The van der Waals surface area contributed by atoms with E-state index in [1.807, 2.05) is 60.0 Å². The molecule has 146 valence electrons. The predicted molar refractivity (Wildman–Crippen MR) is 120 cm³/mol. The Morgan fingerprint density at radius 3 is 2.62 bits per heavy atom. The van der Waals surface area contributed by atoms with Crippen LogP contribution < -0.4 is 10.6 Å². The Bertz CT molecular complexity index is 1130. The van der Waals surface area contributed by atoms with Gasteiger partial charge in [-0.3, -0.25) is 14.9 Å². The summed E-state index contributed by atoms with van der Waals surface area (Å²) in [5.41, 5.74) is 2.97. The molecule has 0 atom stereocenters. The number of hydrogen-bond donors (Lipinski definition) is 2. The van der Waals surface area contributed by atoms with Crippen molar-refractivity contribution in [2.75, 3.05) is 11.9 Å². The maximum absolute atomic E-state index is 12.6. The molecule has 7 heteroatoms. The monoisotopic (exact) mass is 421 g/mol. The first-order valence-corrected chi connectivity index (χ1v) is 10.9. The zero-order chi connectivity index (χ0) is 20.2. The Morgan fingerprint density at radius 1 is 1.07 bits per heavy atom. The number of nitrogens with zero attached hydrogens (tertiary/aromatic N) is 1. The van der Waals surface area contributed by atoms with Crippen molar-refractivity contribution in [1.82, 2.24) is 10.3 Å². The molecule has 0 aliphatic heterocycles. The van der Waals surface area contributed by atoms with E-state index in [4.69, 9.17) is 0 Å². The fraction of sp³-hybridized carbons (Fsp3) is 0.136. The molecule has 4 rings (SSSR count). The lowest BCUT2D eigenvalue weighted by Crippen LogP contribution is -2.22. The van der Waals surface area contributed by atoms with Crippen molar-refractivity contribution < 1.29 is 9.59 Å². The van der Waals surface area contributed by atoms with Crippen molar-refractivity contribution in [3.05, 3.63) is 70.4 Å². The van der Waals surface area contributed by atoms with Gasteiger partial charge in [-0.25, -0.2) is 4.98 Å². The lowest BCUT2D eigenvalue weighted by atomic mass is 10.1. The van der Waals surface area contributed by atoms with Crippen LogP contribution in [0.3, 0.4) is 0 Å². The summed E-state index contributed by atoms with van der Waals surface area (Å²) in [6.45, 7) is 2.14. The molecule has 0 unspecified atom stereocenters. The average Bonchev–Trinajstić information content (AvgIpc) is 3.35. The van der Waals surface area contributed by atoms with Crippen molar-refractivity contribution >= 4 is 49.7 Å². The highest BCUT2D eigenvalue weighted by molar-refractivity contribution is 7.21. The average molecular weight is 422 g/mol. The van der Waals surface area contributed by atoms with E-state index in [2.05, 4.69) is 15.6 Å². The standard InChI is InChI=1S/C22H19N3O2S2/c1-14(26)23-11-10-15-6-8-16(9-7-15)18-13-28-22(24-18)25-21(27)20-12-17-4-2-3-5-19(17)29-20/h2-9,12-13H,10-11H2,1H3,(H,23,26)(H,24,25,27). The summed E-state index contributed by atoms with van der Waals surface area (Å²) < 4.78 is 1.09. The second-order valence-corrected chi connectivity index (χ2v) is 8.51. The maximum Gasteiger partial charge on any atom is 0.267 e. The van der Waals surface area contributed by atoms with E-state index in [0.717, 1.165) is 33.3 Å². The van der Waals surface area contributed by atoms with Gasteiger partial charge in [-0.2, -0.15) is 0 Å². The van der Waals surface area contributed by atoms with Gasteiger partial charge in [0.2, 0.25) is 5.91 Å². The number of nitrogens with one attached hydrogen (secondary N) is 2. The van der Waals surface area contributed by atoms with Crippen LogP contribution in [0.1, 0.15) is 22.2 Å². The molecule has 2 aromatic heterocycles. The fourth-order valence-corrected chi connectivity index (χ4v) is 4.61. The van der Waals surface area contributed by atoms with Gasteiger partial charge in [-0.1, -0.05) is 42.5 Å². The number of thiazole rings is 1. The van der Waals surface area contributed by atoms with E-state index in [1.165, 1.54) is 29.6 Å². The second kappa shape index (κ2) is 8.55. The van der Waals surface area contributed by atoms with Gasteiger partial charge in [0.05, 0.1) is 10.6 Å². The fourth-order valence-electron chi connectivity index (χ4n) is 2.94. The Balaban J connectivity index is 1.41. The van der Waals surface area contributed by atoms with Gasteiger partial charge in [-0.15, -0.1) is 22.7 Å². The molecule has 5 nitrogen and oxygen atoms in total. The van der Waals surface area contributed by atoms with Crippen LogP contribution in [0.25, 0.3) is 21.3 Å². The highest BCUT2D eigenvalue weighted by atomic mass is 32.1. The van der Waals surface area contributed by atoms with E-state index in [0.29, 0.717) is 16.6 Å². The number of fused-ring (bicyclic) bond motifs is 1. The van der Waals surface area contributed by atoms with E-state index in [-0.39, 0.29) is 11.8 Å². The van der Waals surface area contributed by atoms with Crippen LogP contribution in [0.15, 0.2) is 60.0 Å². The van der Waals surface area contributed by atoms with Crippen LogP contribution >= 0.6 is 22.7 Å². The first kappa shape index (κ1) is 19.3. The summed E-state index contributed by atoms with van der Waals surface area (Å²) in [4.78, 5) is 28.7. The SMILES string of the molecule is CC(=O)NCCc1ccc(-c2csc(NC(=O)c3cc4ccccc4s3)n2)cc1. The number of hydrogen-bond acceptors (Lipinski definition) is 5. The zero-order valence-electron chi connectivity index (χ0n) is 15.8. The smallest absolute Gasteiger partial charge is 0.267 e. The van der Waals surface area contributed by atoms with Gasteiger partial charge in [0, 0.05) is 29.1 Å². The highest BCUT2D eigenvalue weighted by Gasteiger charge is 2.13. The number of benzene rings is 2. The summed E-state index contributed by atoms with van der Waals surface area (Å²) in [5.74, 6) is -0.158. The van der Waals surface area contributed by atoms with E-state index in [1.54, 1.807) is 0 Å². The summed E-state index contributed by atoms with van der Waals surface area (Å²) in [5, 5.41) is 9.28. The molecule has 0 fully saturated rings. The van der Waals surface area contributed by atoms with Crippen molar-refractivity contribution in [2.45, 2.75) is 13.3 Å². The third-order valence-electron chi connectivity index (χ3n) is 4.41. The number of carbonyl (C=O) groups excluding carboxylic acids is 2. The number of thiophene rings is 1. The van der Waals surface area contributed by atoms with Crippen molar-refractivity contribution in [2.24, 2.45) is 0 Å². The Morgan fingerprint density at radius 2 is 1.86 bits per heavy atom. The lowest BCUT2D eigenvalue weighted by molar-refractivity contribution is -0.118. The number of aromatic nitrogens is 1. The molecule has 0 saturated heterocycles. The van der Waals surface area contributed by atoms with Crippen LogP contribution in [0.2, 0.25) is 0 Å². The van der Waals surface area contributed by atoms with E-state index >= 15 is 0 Å². The van der Waals surface area contributed by atoms with Gasteiger partial charge in [0.15, 0.2) is 5.13 Å². The number of amides is 2. The third kappa shape index (κ3) is 4.70. The Labute approximate surface area is 176 Å². The molecule has 0 saturated carbocycles. The second-order valence-electron chi connectivity index (χ2n) is 6.57. The van der Waals surface area contributed by atoms with E-state index < -0.39 is 0 Å². The molecule has 29 heavy (non-hydrogen) atoms. The Hall–Kier alpha value is -3.03. The minimum absolute atomic E-state index is 0.0192. The van der Waals surface area contributed by atoms with Gasteiger partial charge >= 0.3 is 0 Å². The molecule has 0 aliphatic carbocycles. The molecular weight excluding hydrogens is 402 g/mol. The summed E-state index contributed by atoms with van der Waals surface area (Å²) in [6, 6.07) is 17.9. The van der Waals surface area contributed by atoms with Crippen LogP contribution in [0, 0.1) is 0 Å². The lowest BCUT2D eigenvalue weighted by Gasteiger charge is -2.04. The van der Waals surface area contributed by atoms with Gasteiger partial charge in [0.25, 0.3) is 5.91 Å². The van der Waals surface area contributed by atoms with Crippen molar-refractivity contribution in [3.8, 4) is 11.3 Å². The predicted octanol–water partition coefficient (Wildman–Crippen LogP) is 4.96. The summed E-state index contributed by atoms with van der Waals surface area (Å²) >= 11 is 2.89. The molecule has 2 amide bonds. The highest BCUT2D eigenvalue weighted by Crippen LogP contribution is 2.28. The third-order valence-corrected chi connectivity index (χ3v) is 6.28. The summed E-state index contributed by atoms with van der Waals surface area (Å²) in [7, 11) is 0. The number of carbonyl (C=O) groups is 2. The van der Waals surface area contributed by atoms with Crippen LogP contribution in [-0.2, 0) is 11.2 Å². The van der Waals surface area contributed by atoms with Crippen LogP contribution in [0.4, 0.5) is 5.13 Å². The molecule has 0 radical (unpaired) electrons. The van der Waals surface area contributed by atoms with Crippen molar-refractivity contribution in [1.29, 1.82) is 0 Å². The zero-order valence-corrected chi connectivity index (χ0v) is 17.4. The molecule has 2 aromatic carbocycles. The molecule has 2 heterocycles. The molecule has 0 aliphatic rings. The minimum Gasteiger partial charge on any atom is -0.356 e. The summed E-state index contributed by atoms with van der Waals surface area (Å²) in [6.07, 6.45) is 0.785. The quantitative estimate of drug-likeness (QED) is 0.462. The van der Waals surface area contributed by atoms with Crippen LogP contribution in [0.5, 0.6) is 0 Å². The molecule has 2 N–H and O–H groups in total. The van der Waals surface area contributed by atoms with Gasteiger partial charge < -0.3 is 5.32 Å². The topological polar surface area (TPSA) is 71.1 Å². The molecule has 4 aromatic rings. The number of anilines is 1. The Kier molecular flexibility index (Phi) is 5.69. The minimum atomic E-state index is -0.139. The first-order chi connectivity index (χ1) is 14.1. The first-order valence-electron chi connectivity index (χ1n) is 9.18.